The van der Waals surface area contributed by atoms with Crippen molar-refractivity contribution in [3.8, 4) is 27.5 Å². The van der Waals surface area contributed by atoms with Gasteiger partial charge in [-0.3, -0.25) is 9.78 Å². The Kier molecular flexibility index (Phi) is 4.41. The Morgan fingerprint density at radius 2 is 2.03 bits per heavy atom. The molecule has 3 aromatic heterocycles. The Bertz CT molecular complexity index is 1210. The molecule has 5 rings (SSSR count). The van der Waals surface area contributed by atoms with E-state index in [1.54, 1.807) is 6.20 Å². The van der Waals surface area contributed by atoms with Gasteiger partial charge in [-0.2, -0.15) is 5.10 Å². The number of aryl methyl sites for hydroxylation is 1. The van der Waals surface area contributed by atoms with E-state index in [0.717, 1.165) is 46.1 Å². The van der Waals surface area contributed by atoms with E-state index in [2.05, 4.69) is 15.3 Å². The fraction of sp³-hybridized carbons (Fsp3) is 0.143. The van der Waals surface area contributed by atoms with Crippen molar-refractivity contribution >= 4 is 34.0 Å². The summed E-state index contributed by atoms with van der Waals surface area (Å²) in [4.78, 5) is 21.4. The Morgan fingerprint density at radius 3 is 2.76 bits per heavy atom. The Hall–Kier alpha value is -3.03. The van der Waals surface area contributed by atoms with Gasteiger partial charge < -0.3 is 5.32 Å². The monoisotopic (exact) mass is 421 g/mol. The highest BCUT2D eigenvalue weighted by atomic mass is 35.5. The molecule has 6 nitrogen and oxygen atoms in total. The van der Waals surface area contributed by atoms with E-state index in [-0.39, 0.29) is 5.91 Å². The van der Waals surface area contributed by atoms with E-state index in [1.165, 1.54) is 23.8 Å². The van der Waals surface area contributed by atoms with Gasteiger partial charge in [0, 0.05) is 35.5 Å². The fourth-order valence-electron chi connectivity index (χ4n) is 3.58. The molecule has 8 heteroatoms. The first-order chi connectivity index (χ1) is 14.1. The predicted molar refractivity (Wildman–Crippen MR) is 115 cm³/mol. The molecule has 3 heterocycles. The third-order valence-corrected chi connectivity index (χ3v) is 6.07. The number of benzene rings is 1. The summed E-state index contributed by atoms with van der Waals surface area (Å²) in [6, 6.07) is 11.5. The van der Waals surface area contributed by atoms with Gasteiger partial charge in [-0.05, 0) is 49.2 Å². The van der Waals surface area contributed by atoms with Gasteiger partial charge in [0.15, 0.2) is 5.13 Å². The summed E-state index contributed by atoms with van der Waals surface area (Å²) < 4.78 is 1.95. The van der Waals surface area contributed by atoms with Crippen LogP contribution in [0.5, 0.6) is 0 Å². The van der Waals surface area contributed by atoms with Gasteiger partial charge in [-0.1, -0.05) is 22.9 Å². The first kappa shape index (κ1) is 18.0. The zero-order valence-corrected chi connectivity index (χ0v) is 17.1. The van der Waals surface area contributed by atoms with Crippen molar-refractivity contribution < 1.29 is 4.79 Å². The van der Waals surface area contributed by atoms with Gasteiger partial charge in [0.25, 0.3) is 0 Å². The van der Waals surface area contributed by atoms with E-state index in [1.807, 2.05) is 47.3 Å². The van der Waals surface area contributed by atoms with Crippen LogP contribution < -0.4 is 5.32 Å². The molecule has 0 unspecified atom stereocenters. The minimum atomic E-state index is -0.126. The number of anilines is 1. The van der Waals surface area contributed by atoms with Crippen molar-refractivity contribution in [2.24, 2.45) is 0 Å². The Labute approximate surface area is 176 Å². The first-order valence-corrected chi connectivity index (χ1v) is 10.4. The molecule has 1 amide bonds. The Balaban J connectivity index is 1.74. The van der Waals surface area contributed by atoms with Gasteiger partial charge >= 0.3 is 0 Å². The highest BCUT2D eigenvalue weighted by molar-refractivity contribution is 7.19. The topological polar surface area (TPSA) is 72.7 Å². The molecule has 0 bridgehead atoms. The maximum Gasteiger partial charge on any atom is 0.223 e. The van der Waals surface area contributed by atoms with Gasteiger partial charge in [-0.25, -0.2) is 9.67 Å². The van der Waals surface area contributed by atoms with Gasteiger partial charge in [0.2, 0.25) is 5.91 Å². The number of hydrogen-bond donors (Lipinski definition) is 1. The number of carbonyl (C=O) groups is 1. The van der Waals surface area contributed by atoms with Crippen LogP contribution in [0.4, 0.5) is 5.13 Å². The molecule has 1 aromatic carbocycles. The standard InChI is InChI=1S/C21H16ClN5OS/c1-12(28)24-21-25-17-9-8-16-18(13-3-2-10-23-11-13)26-27(19(16)20(17)29-21)15-6-4-14(22)5-7-15/h2-7,10-11H,8-9H2,1H3,(H,24,25,28). The van der Waals surface area contributed by atoms with Crippen molar-refractivity contribution in [2.75, 3.05) is 5.32 Å². The van der Waals surface area contributed by atoms with Crippen molar-refractivity contribution in [3.63, 3.8) is 0 Å². The molecular weight excluding hydrogens is 406 g/mol. The summed E-state index contributed by atoms with van der Waals surface area (Å²) in [7, 11) is 0. The van der Waals surface area contributed by atoms with Crippen LogP contribution in [-0.4, -0.2) is 25.7 Å². The average Bonchev–Trinajstić information content (AvgIpc) is 3.29. The van der Waals surface area contributed by atoms with Crippen LogP contribution in [0.15, 0.2) is 48.8 Å². The highest BCUT2D eigenvalue weighted by Gasteiger charge is 2.29. The number of rotatable bonds is 3. The summed E-state index contributed by atoms with van der Waals surface area (Å²) >= 11 is 7.57. The number of nitrogens with zero attached hydrogens (tertiary/aromatic N) is 4. The number of nitrogens with one attached hydrogen (secondary N) is 1. The molecule has 144 valence electrons. The van der Waals surface area contributed by atoms with Crippen molar-refractivity contribution in [1.82, 2.24) is 19.7 Å². The lowest BCUT2D eigenvalue weighted by Gasteiger charge is -2.14. The third-order valence-electron chi connectivity index (χ3n) is 4.80. The lowest BCUT2D eigenvalue weighted by molar-refractivity contribution is -0.114. The lowest BCUT2D eigenvalue weighted by Crippen LogP contribution is -2.06. The van der Waals surface area contributed by atoms with Gasteiger partial charge in [0.05, 0.1) is 27.6 Å². The van der Waals surface area contributed by atoms with Crippen LogP contribution in [-0.2, 0) is 17.6 Å². The number of halogens is 1. The van der Waals surface area contributed by atoms with E-state index in [0.29, 0.717) is 10.2 Å². The summed E-state index contributed by atoms with van der Waals surface area (Å²) in [5.74, 6) is -0.126. The molecule has 29 heavy (non-hydrogen) atoms. The van der Waals surface area contributed by atoms with Crippen molar-refractivity contribution in [1.29, 1.82) is 0 Å². The van der Waals surface area contributed by atoms with E-state index >= 15 is 0 Å². The second-order valence-electron chi connectivity index (χ2n) is 6.78. The maximum atomic E-state index is 11.5. The number of amides is 1. The van der Waals surface area contributed by atoms with Crippen LogP contribution in [0.25, 0.3) is 27.5 Å². The summed E-state index contributed by atoms with van der Waals surface area (Å²) in [6.45, 7) is 1.49. The number of pyridine rings is 1. The summed E-state index contributed by atoms with van der Waals surface area (Å²) in [5, 5.41) is 9.05. The number of hydrogen-bond acceptors (Lipinski definition) is 5. The molecule has 1 N–H and O–H groups in total. The van der Waals surface area contributed by atoms with Crippen LogP contribution in [0.1, 0.15) is 18.2 Å². The van der Waals surface area contributed by atoms with Gasteiger partial charge in [0.1, 0.15) is 0 Å². The normalized spacial score (nSPS) is 12.3. The second-order valence-corrected chi connectivity index (χ2v) is 8.22. The number of aromatic nitrogens is 4. The van der Waals surface area contributed by atoms with Crippen LogP contribution in [0.3, 0.4) is 0 Å². The van der Waals surface area contributed by atoms with Crippen molar-refractivity contribution in [2.45, 2.75) is 19.8 Å². The molecular formula is C21H16ClN5OS. The SMILES string of the molecule is CC(=O)Nc1nc2c(s1)-c1c(c(-c3cccnc3)nn1-c1ccc(Cl)cc1)CC2. The third kappa shape index (κ3) is 3.22. The average molecular weight is 422 g/mol. The molecule has 0 saturated carbocycles. The van der Waals surface area contributed by atoms with Crippen LogP contribution >= 0.6 is 22.9 Å². The zero-order valence-electron chi connectivity index (χ0n) is 15.5. The van der Waals surface area contributed by atoms with Crippen LogP contribution in [0, 0.1) is 0 Å². The molecule has 1 aliphatic rings. The van der Waals surface area contributed by atoms with E-state index in [9.17, 15) is 4.79 Å². The minimum Gasteiger partial charge on any atom is -0.302 e. The maximum absolute atomic E-state index is 11.5. The molecule has 1 aliphatic carbocycles. The second kappa shape index (κ2) is 7.09. The Morgan fingerprint density at radius 1 is 1.21 bits per heavy atom. The highest BCUT2D eigenvalue weighted by Crippen LogP contribution is 2.44. The molecule has 0 radical (unpaired) electrons. The molecule has 0 saturated heterocycles. The van der Waals surface area contributed by atoms with E-state index < -0.39 is 0 Å². The zero-order chi connectivity index (χ0) is 20.0. The molecule has 0 fully saturated rings. The fourth-order valence-corrected chi connectivity index (χ4v) is 4.82. The first-order valence-electron chi connectivity index (χ1n) is 9.16. The van der Waals surface area contributed by atoms with Gasteiger partial charge in [-0.15, -0.1) is 0 Å². The predicted octanol–water partition coefficient (Wildman–Crippen LogP) is 4.77. The molecule has 0 spiro atoms. The lowest BCUT2D eigenvalue weighted by atomic mass is 9.95. The number of fused-ring (bicyclic) bond motifs is 3. The quantitative estimate of drug-likeness (QED) is 0.517. The number of thiazole rings is 1. The van der Waals surface area contributed by atoms with E-state index in [4.69, 9.17) is 16.7 Å². The van der Waals surface area contributed by atoms with Crippen LogP contribution in [0.2, 0.25) is 5.02 Å². The summed E-state index contributed by atoms with van der Waals surface area (Å²) in [6.07, 6.45) is 5.22. The number of carbonyl (C=O) groups excluding carboxylic acids is 1. The molecule has 0 aliphatic heterocycles. The molecule has 0 atom stereocenters. The summed E-state index contributed by atoms with van der Waals surface area (Å²) in [5.41, 5.74) is 5.98. The molecule has 4 aromatic rings. The largest absolute Gasteiger partial charge is 0.302 e. The smallest absolute Gasteiger partial charge is 0.223 e. The van der Waals surface area contributed by atoms with Crippen molar-refractivity contribution in [3.05, 3.63) is 65.1 Å². The minimum absolute atomic E-state index is 0.126.